The van der Waals surface area contributed by atoms with Gasteiger partial charge in [-0.2, -0.15) is 0 Å². The lowest BCUT2D eigenvalue weighted by Gasteiger charge is -2.23. The van der Waals surface area contributed by atoms with E-state index in [0.29, 0.717) is 24.4 Å². The third kappa shape index (κ3) is 5.17. The van der Waals surface area contributed by atoms with Crippen LogP contribution in [0.4, 0.5) is 5.69 Å². The van der Waals surface area contributed by atoms with E-state index < -0.39 is 0 Å². The van der Waals surface area contributed by atoms with Gasteiger partial charge in [0.15, 0.2) is 5.78 Å². The van der Waals surface area contributed by atoms with Crippen molar-refractivity contribution < 1.29 is 19.1 Å². The standard InChI is InChI=1S/C17H22N2O4/c1-12(20)14-5-7-15(8-6-14)18-17(22)11-19(13(2)21)10-16-4-3-9-23-16/h5-8,16H,3-4,9-11H2,1-2H3,(H,18,22). The van der Waals surface area contributed by atoms with Gasteiger partial charge < -0.3 is 15.0 Å². The third-order valence-electron chi connectivity index (χ3n) is 3.80. The molecule has 0 aliphatic carbocycles. The summed E-state index contributed by atoms with van der Waals surface area (Å²) in [6, 6.07) is 6.67. The number of amides is 2. The summed E-state index contributed by atoms with van der Waals surface area (Å²) in [4.78, 5) is 36.5. The Kier molecular flexibility index (Phi) is 5.87. The predicted octanol–water partition coefficient (Wildman–Crippen LogP) is 1.86. The van der Waals surface area contributed by atoms with E-state index in [1.165, 1.54) is 18.7 Å². The first kappa shape index (κ1) is 17.1. The Balaban J connectivity index is 1.90. The van der Waals surface area contributed by atoms with Crippen molar-refractivity contribution in [2.75, 3.05) is 25.0 Å². The van der Waals surface area contributed by atoms with E-state index in [9.17, 15) is 14.4 Å². The second-order valence-electron chi connectivity index (χ2n) is 5.72. The van der Waals surface area contributed by atoms with Gasteiger partial charge in [-0.1, -0.05) is 0 Å². The van der Waals surface area contributed by atoms with E-state index in [4.69, 9.17) is 4.74 Å². The number of benzene rings is 1. The minimum Gasteiger partial charge on any atom is -0.376 e. The maximum absolute atomic E-state index is 12.1. The highest BCUT2D eigenvalue weighted by molar-refractivity contribution is 5.96. The Labute approximate surface area is 135 Å². The van der Waals surface area contributed by atoms with E-state index in [1.807, 2.05) is 0 Å². The molecule has 0 radical (unpaired) electrons. The highest BCUT2D eigenvalue weighted by Gasteiger charge is 2.22. The molecule has 23 heavy (non-hydrogen) atoms. The zero-order chi connectivity index (χ0) is 16.8. The van der Waals surface area contributed by atoms with Crippen LogP contribution in [0.2, 0.25) is 0 Å². The summed E-state index contributed by atoms with van der Waals surface area (Å²) in [6.07, 6.45) is 1.92. The van der Waals surface area contributed by atoms with Crippen LogP contribution in [0.15, 0.2) is 24.3 Å². The van der Waals surface area contributed by atoms with E-state index in [2.05, 4.69) is 5.32 Å². The van der Waals surface area contributed by atoms with E-state index in [0.717, 1.165) is 12.8 Å². The minimum atomic E-state index is -0.270. The summed E-state index contributed by atoms with van der Waals surface area (Å²) < 4.78 is 5.51. The molecule has 1 aromatic carbocycles. The normalized spacial score (nSPS) is 16.9. The Morgan fingerprint density at radius 1 is 1.22 bits per heavy atom. The van der Waals surface area contributed by atoms with Crippen molar-refractivity contribution >= 4 is 23.3 Å². The Morgan fingerprint density at radius 2 is 1.91 bits per heavy atom. The van der Waals surface area contributed by atoms with Gasteiger partial charge in [-0.25, -0.2) is 0 Å². The Hall–Kier alpha value is -2.21. The summed E-state index contributed by atoms with van der Waals surface area (Å²) in [5, 5.41) is 2.73. The second kappa shape index (κ2) is 7.87. The van der Waals surface area contributed by atoms with Gasteiger partial charge in [0.25, 0.3) is 0 Å². The Bertz CT molecular complexity index is 577. The van der Waals surface area contributed by atoms with E-state index >= 15 is 0 Å². The first-order valence-electron chi connectivity index (χ1n) is 7.73. The summed E-state index contributed by atoms with van der Waals surface area (Å²) in [6.45, 7) is 4.08. The maximum atomic E-state index is 12.1. The third-order valence-corrected chi connectivity index (χ3v) is 3.80. The lowest BCUT2D eigenvalue weighted by Crippen LogP contribution is -2.41. The molecule has 6 heteroatoms. The molecule has 1 unspecified atom stereocenters. The van der Waals surface area contributed by atoms with Gasteiger partial charge in [-0.15, -0.1) is 0 Å². The number of nitrogens with zero attached hydrogens (tertiary/aromatic N) is 1. The molecule has 1 fully saturated rings. The van der Waals surface area contributed by atoms with Crippen LogP contribution in [0.1, 0.15) is 37.0 Å². The highest BCUT2D eigenvalue weighted by Crippen LogP contribution is 2.14. The molecule has 1 saturated heterocycles. The van der Waals surface area contributed by atoms with Crippen molar-refractivity contribution in [1.29, 1.82) is 0 Å². The van der Waals surface area contributed by atoms with Crippen molar-refractivity contribution in [3.8, 4) is 0 Å². The molecule has 0 aromatic heterocycles. The summed E-state index contributed by atoms with van der Waals surface area (Å²) in [7, 11) is 0. The number of carbonyl (C=O) groups excluding carboxylic acids is 3. The summed E-state index contributed by atoms with van der Waals surface area (Å²) in [5.41, 5.74) is 1.19. The molecule has 0 bridgehead atoms. The van der Waals surface area contributed by atoms with Crippen molar-refractivity contribution in [1.82, 2.24) is 4.90 Å². The van der Waals surface area contributed by atoms with E-state index in [-0.39, 0.29) is 30.2 Å². The smallest absolute Gasteiger partial charge is 0.243 e. The highest BCUT2D eigenvalue weighted by atomic mass is 16.5. The molecule has 1 atom stereocenters. The zero-order valence-corrected chi connectivity index (χ0v) is 13.5. The molecule has 0 saturated carbocycles. The van der Waals surface area contributed by atoms with Crippen LogP contribution in [0.5, 0.6) is 0 Å². The van der Waals surface area contributed by atoms with Gasteiger partial charge in [-0.05, 0) is 44.0 Å². The average molecular weight is 318 g/mol. The SMILES string of the molecule is CC(=O)c1ccc(NC(=O)CN(CC2CCCO2)C(C)=O)cc1. The molecule has 0 spiro atoms. The molecule has 6 nitrogen and oxygen atoms in total. The number of anilines is 1. The van der Waals surface area contributed by atoms with Crippen molar-refractivity contribution in [3.63, 3.8) is 0 Å². The molecule has 1 aliphatic rings. The number of hydrogen-bond acceptors (Lipinski definition) is 4. The van der Waals surface area contributed by atoms with Gasteiger partial charge in [0, 0.05) is 31.3 Å². The number of ketones is 1. The molecule has 1 N–H and O–H groups in total. The molecule has 124 valence electrons. The van der Waals surface area contributed by atoms with Crippen molar-refractivity contribution in [2.24, 2.45) is 0 Å². The van der Waals surface area contributed by atoms with Crippen LogP contribution in [0, 0.1) is 0 Å². The maximum Gasteiger partial charge on any atom is 0.243 e. The van der Waals surface area contributed by atoms with Gasteiger partial charge in [0.2, 0.25) is 11.8 Å². The van der Waals surface area contributed by atoms with Crippen molar-refractivity contribution in [2.45, 2.75) is 32.8 Å². The number of carbonyl (C=O) groups is 3. The summed E-state index contributed by atoms with van der Waals surface area (Å²) >= 11 is 0. The zero-order valence-electron chi connectivity index (χ0n) is 13.5. The molecular weight excluding hydrogens is 296 g/mol. The van der Waals surface area contributed by atoms with Gasteiger partial charge >= 0.3 is 0 Å². The number of rotatable bonds is 6. The number of ether oxygens (including phenoxy) is 1. The number of nitrogens with one attached hydrogen (secondary N) is 1. The van der Waals surface area contributed by atoms with E-state index in [1.54, 1.807) is 24.3 Å². The van der Waals surface area contributed by atoms with Crippen LogP contribution in [-0.4, -0.2) is 48.3 Å². The van der Waals surface area contributed by atoms with Gasteiger partial charge in [-0.3, -0.25) is 14.4 Å². The van der Waals surface area contributed by atoms with Crippen LogP contribution in [-0.2, 0) is 14.3 Å². The number of Topliss-reactive ketones (excluding diaryl/α,β-unsaturated/α-hetero) is 1. The van der Waals surface area contributed by atoms with Crippen LogP contribution in [0.25, 0.3) is 0 Å². The van der Waals surface area contributed by atoms with Crippen LogP contribution >= 0.6 is 0 Å². The first-order chi connectivity index (χ1) is 11.0. The molecule has 1 aliphatic heterocycles. The molecular formula is C17H22N2O4. The Morgan fingerprint density at radius 3 is 2.43 bits per heavy atom. The average Bonchev–Trinajstić information content (AvgIpc) is 3.00. The van der Waals surface area contributed by atoms with Gasteiger partial charge in [0.1, 0.15) is 0 Å². The molecule has 2 amide bonds. The predicted molar refractivity (Wildman–Crippen MR) is 86.3 cm³/mol. The lowest BCUT2D eigenvalue weighted by molar-refractivity contribution is -0.134. The fourth-order valence-electron chi connectivity index (χ4n) is 2.50. The molecule has 1 heterocycles. The largest absolute Gasteiger partial charge is 0.376 e. The second-order valence-corrected chi connectivity index (χ2v) is 5.72. The molecule has 1 aromatic rings. The van der Waals surface area contributed by atoms with Gasteiger partial charge in [0.05, 0.1) is 12.6 Å². The fourth-order valence-corrected chi connectivity index (χ4v) is 2.50. The van der Waals surface area contributed by atoms with Crippen LogP contribution in [0.3, 0.4) is 0 Å². The van der Waals surface area contributed by atoms with Crippen molar-refractivity contribution in [3.05, 3.63) is 29.8 Å². The topological polar surface area (TPSA) is 75.7 Å². The quantitative estimate of drug-likeness (QED) is 0.812. The lowest BCUT2D eigenvalue weighted by atomic mass is 10.1. The first-order valence-corrected chi connectivity index (χ1v) is 7.73. The molecule has 2 rings (SSSR count). The summed E-state index contributed by atoms with van der Waals surface area (Å²) in [5.74, 6) is -0.446. The monoisotopic (exact) mass is 318 g/mol. The number of hydrogen-bond donors (Lipinski definition) is 1. The van der Waals surface area contributed by atoms with Crippen LogP contribution < -0.4 is 5.32 Å². The fraction of sp³-hybridized carbons (Fsp3) is 0.471. The minimum absolute atomic E-state index is 0.0103.